The summed E-state index contributed by atoms with van der Waals surface area (Å²) in [6.07, 6.45) is -0.504. The van der Waals surface area contributed by atoms with Crippen LogP contribution in [-0.4, -0.2) is 30.4 Å². The Labute approximate surface area is 133 Å². The minimum Gasteiger partial charge on any atom is -0.490 e. The predicted octanol–water partition coefficient (Wildman–Crippen LogP) is 3.18. The van der Waals surface area contributed by atoms with Gasteiger partial charge in [0.15, 0.2) is 0 Å². The molecule has 1 atom stereocenters. The summed E-state index contributed by atoms with van der Waals surface area (Å²) in [4.78, 5) is 0. The Morgan fingerprint density at radius 2 is 1.85 bits per heavy atom. The molecule has 0 heterocycles. The first kappa shape index (κ1) is 15.5. The van der Waals surface area contributed by atoms with E-state index in [-0.39, 0.29) is 0 Å². The summed E-state index contributed by atoms with van der Waals surface area (Å²) in [6.45, 7) is 4.95. The normalized spacial score (nSPS) is 12.8. The lowest BCUT2D eigenvalue weighted by atomic mass is 10.1. The summed E-state index contributed by atoms with van der Waals surface area (Å²) in [7, 11) is 0. The summed E-state index contributed by atoms with van der Waals surface area (Å²) in [5.41, 5.74) is 0. The Hall–Kier alpha value is -0.850. The lowest BCUT2D eigenvalue weighted by molar-refractivity contribution is 0.105. The average Bonchev–Trinajstić information content (AvgIpc) is 2.45. The number of benzene rings is 2. The third-order valence-electron chi connectivity index (χ3n) is 3.02. The molecule has 0 aliphatic heterocycles. The van der Waals surface area contributed by atoms with Crippen LogP contribution < -0.4 is 10.1 Å². The number of halogens is 1. The quantitative estimate of drug-likeness (QED) is 0.751. The standard InChI is InChI=1S/C16H20INO2/c1-11(2)18-9-12(19)10-20-16-8-7-15(17)13-5-3-4-6-14(13)16/h3-8,11-12,18-19H,9-10H2,1-2H3/t12-/m1/s1. The van der Waals surface area contributed by atoms with Crippen molar-refractivity contribution in [3.63, 3.8) is 0 Å². The van der Waals surface area contributed by atoms with Crippen molar-refractivity contribution in [2.24, 2.45) is 0 Å². The van der Waals surface area contributed by atoms with Crippen LogP contribution in [0.3, 0.4) is 0 Å². The molecule has 0 saturated heterocycles. The molecule has 2 aromatic rings. The van der Waals surface area contributed by atoms with E-state index in [9.17, 15) is 5.11 Å². The van der Waals surface area contributed by atoms with E-state index in [0.717, 1.165) is 11.1 Å². The summed E-state index contributed by atoms with van der Waals surface area (Å²) in [5, 5.41) is 15.4. The van der Waals surface area contributed by atoms with E-state index in [1.807, 2.05) is 30.3 Å². The van der Waals surface area contributed by atoms with Gasteiger partial charge in [0.1, 0.15) is 18.5 Å². The molecule has 0 aliphatic carbocycles. The van der Waals surface area contributed by atoms with Crippen LogP contribution >= 0.6 is 22.6 Å². The fourth-order valence-corrected chi connectivity index (χ4v) is 2.63. The smallest absolute Gasteiger partial charge is 0.127 e. The van der Waals surface area contributed by atoms with Crippen molar-refractivity contribution < 1.29 is 9.84 Å². The third kappa shape index (κ3) is 4.07. The fourth-order valence-electron chi connectivity index (χ4n) is 1.98. The van der Waals surface area contributed by atoms with Crippen LogP contribution in [0.15, 0.2) is 36.4 Å². The fraction of sp³-hybridized carbons (Fsp3) is 0.375. The minimum atomic E-state index is -0.504. The largest absolute Gasteiger partial charge is 0.490 e. The molecule has 108 valence electrons. The summed E-state index contributed by atoms with van der Waals surface area (Å²) in [5.74, 6) is 0.824. The Morgan fingerprint density at radius 3 is 2.55 bits per heavy atom. The summed E-state index contributed by atoms with van der Waals surface area (Å²) < 4.78 is 6.98. The van der Waals surface area contributed by atoms with Gasteiger partial charge in [-0.3, -0.25) is 0 Å². The maximum atomic E-state index is 9.90. The van der Waals surface area contributed by atoms with Crippen molar-refractivity contribution in [1.29, 1.82) is 0 Å². The molecular formula is C16H20INO2. The Kier molecular flexibility index (Phi) is 5.63. The van der Waals surface area contributed by atoms with E-state index < -0.39 is 6.10 Å². The molecule has 0 aromatic heterocycles. The van der Waals surface area contributed by atoms with Gasteiger partial charge in [-0.05, 0) is 40.1 Å². The Balaban J connectivity index is 2.05. The monoisotopic (exact) mass is 385 g/mol. The van der Waals surface area contributed by atoms with Gasteiger partial charge in [-0.15, -0.1) is 0 Å². The van der Waals surface area contributed by atoms with E-state index in [0.29, 0.717) is 19.2 Å². The van der Waals surface area contributed by atoms with Crippen molar-refractivity contribution in [1.82, 2.24) is 5.32 Å². The highest BCUT2D eigenvalue weighted by Crippen LogP contribution is 2.29. The zero-order chi connectivity index (χ0) is 14.5. The topological polar surface area (TPSA) is 41.5 Å². The van der Waals surface area contributed by atoms with Gasteiger partial charge in [0.25, 0.3) is 0 Å². The lowest BCUT2D eigenvalue weighted by Gasteiger charge is -2.16. The molecule has 0 bridgehead atoms. The van der Waals surface area contributed by atoms with Gasteiger partial charge in [-0.1, -0.05) is 38.1 Å². The van der Waals surface area contributed by atoms with Crippen LogP contribution in [-0.2, 0) is 0 Å². The van der Waals surface area contributed by atoms with Crippen LogP contribution in [0.25, 0.3) is 10.8 Å². The van der Waals surface area contributed by atoms with Gasteiger partial charge >= 0.3 is 0 Å². The molecule has 2 rings (SSSR count). The number of hydrogen-bond donors (Lipinski definition) is 2. The molecule has 0 saturated carbocycles. The predicted molar refractivity (Wildman–Crippen MR) is 91.3 cm³/mol. The third-order valence-corrected chi connectivity index (χ3v) is 3.96. The second kappa shape index (κ2) is 7.24. The van der Waals surface area contributed by atoms with Crippen LogP contribution in [0, 0.1) is 3.57 Å². The van der Waals surface area contributed by atoms with Crippen LogP contribution in [0.2, 0.25) is 0 Å². The highest BCUT2D eigenvalue weighted by atomic mass is 127. The van der Waals surface area contributed by atoms with Crippen molar-refractivity contribution in [3.05, 3.63) is 40.0 Å². The van der Waals surface area contributed by atoms with Crippen LogP contribution in [0.1, 0.15) is 13.8 Å². The molecule has 3 nitrogen and oxygen atoms in total. The highest BCUT2D eigenvalue weighted by molar-refractivity contribution is 14.1. The number of aliphatic hydroxyl groups is 1. The SMILES string of the molecule is CC(C)NC[C@@H](O)COc1ccc(I)c2ccccc12. The van der Waals surface area contributed by atoms with E-state index in [4.69, 9.17) is 4.74 Å². The zero-order valence-electron chi connectivity index (χ0n) is 11.8. The first-order valence-electron chi connectivity index (χ1n) is 6.79. The Bertz CT molecular complexity index is 571. The molecule has 0 aliphatic rings. The number of aliphatic hydroxyl groups excluding tert-OH is 1. The van der Waals surface area contributed by atoms with Gasteiger partial charge in [0.2, 0.25) is 0 Å². The van der Waals surface area contributed by atoms with Gasteiger partial charge in [-0.25, -0.2) is 0 Å². The van der Waals surface area contributed by atoms with Crippen molar-refractivity contribution in [2.45, 2.75) is 26.0 Å². The number of hydrogen-bond acceptors (Lipinski definition) is 3. The van der Waals surface area contributed by atoms with E-state index in [1.54, 1.807) is 0 Å². The highest BCUT2D eigenvalue weighted by Gasteiger charge is 2.09. The molecule has 0 spiro atoms. The maximum Gasteiger partial charge on any atom is 0.127 e. The van der Waals surface area contributed by atoms with E-state index in [2.05, 4.69) is 47.8 Å². The molecule has 4 heteroatoms. The van der Waals surface area contributed by atoms with Crippen LogP contribution in [0.4, 0.5) is 0 Å². The molecular weight excluding hydrogens is 365 g/mol. The maximum absolute atomic E-state index is 9.90. The molecule has 20 heavy (non-hydrogen) atoms. The molecule has 0 radical (unpaired) electrons. The van der Waals surface area contributed by atoms with E-state index >= 15 is 0 Å². The Morgan fingerprint density at radius 1 is 1.15 bits per heavy atom. The van der Waals surface area contributed by atoms with Gasteiger partial charge in [-0.2, -0.15) is 0 Å². The molecule has 2 N–H and O–H groups in total. The summed E-state index contributed by atoms with van der Waals surface area (Å²) >= 11 is 2.32. The minimum absolute atomic E-state index is 0.296. The molecule has 0 unspecified atom stereocenters. The first-order valence-corrected chi connectivity index (χ1v) is 7.87. The van der Waals surface area contributed by atoms with Gasteiger partial charge in [0, 0.05) is 21.5 Å². The van der Waals surface area contributed by atoms with Crippen molar-refractivity contribution in [2.75, 3.05) is 13.2 Å². The van der Waals surface area contributed by atoms with Gasteiger partial charge in [0.05, 0.1) is 0 Å². The molecule has 2 aromatic carbocycles. The first-order chi connectivity index (χ1) is 9.58. The number of rotatable bonds is 6. The average molecular weight is 385 g/mol. The van der Waals surface area contributed by atoms with Crippen molar-refractivity contribution in [3.8, 4) is 5.75 Å². The number of ether oxygens (including phenoxy) is 1. The van der Waals surface area contributed by atoms with E-state index in [1.165, 1.54) is 8.96 Å². The van der Waals surface area contributed by atoms with Gasteiger partial charge < -0.3 is 15.2 Å². The van der Waals surface area contributed by atoms with Crippen LogP contribution in [0.5, 0.6) is 5.75 Å². The molecule has 0 amide bonds. The second-order valence-corrected chi connectivity index (χ2v) is 6.28. The molecule has 0 fully saturated rings. The van der Waals surface area contributed by atoms with Crippen molar-refractivity contribution >= 4 is 33.4 Å². The second-order valence-electron chi connectivity index (χ2n) is 5.12. The summed E-state index contributed by atoms with van der Waals surface area (Å²) in [6, 6.07) is 12.5. The number of fused-ring (bicyclic) bond motifs is 1. The lowest BCUT2D eigenvalue weighted by Crippen LogP contribution is -2.35. The number of nitrogens with one attached hydrogen (secondary N) is 1. The zero-order valence-corrected chi connectivity index (χ0v) is 13.9.